The lowest BCUT2D eigenvalue weighted by Gasteiger charge is -2.36. The van der Waals surface area contributed by atoms with E-state index in [2.05, 4.69) is 15.6 Å². The molecular weight excluding hydrogens is 333 g/mol. The molecule has 2 heterocycles. The molecule has 1 aliphatic rings. The largest absolute Gasteiger partial charge is 0.416 e. The van der Waals surface area contributed by atoms with Gasteiger partial charge in [-0.25, -0.2) is 4.98 Å². The third-order valence-electron chi connectivity index (χ3n) is 3.92. The number of fused-ring (bicyclic) bond motifs is 1. The van der Waals surface area contributed by atoms with Crippen molar-refractivity contribution in [2.45, 2.75) is 19.1 Å². The molecule has 0 saturated carbocycles. The monoisotopic (exact) mass is 350 g/mol. The molecule has 0 radical (unpaired) electrons. The third-order valence-corrected chi connectivity index (χ3v) is 3.92. The minimum absolute atomic E-state index is 0.117. The molecule has 1 atom stereocenters. The first-order chi connectivity index (χ1) is 11.8. The van der Waals surface area contributed by atoms with E-state index >= 15 is 0 Å². The van der Waals surface area contributed by atoms with Crippen LogP contribution in [0.1, 0.15) is 12.5 Å². The van der Waals surface area contributed by atoms with Gasteiger partial charge in [0.25, 0.3) is 0 Å². The van der Waals surface area contributed by atoms with Crippen molar-refractivity contribution in [3.8, 4) is 0 Å². The zero-order valence-electron chi connectivity index (χ0n) is 13.5. The minimum atomic E-state index is -4.37. The molecular formula is C17H17F3N4O. The SMILES string of the molecule is CC(=O)NCC1CN(c2ccc(C(F)(F)F)cc2)c2cccnc2N1. The predicted molar refractivity (Wildman–Crippen MR) is 88.8 cm³/mol. The van der Waals surface area contributed by atoms with Crippen LogP contribution in [0, 0.1) is 0 Å². The van der Waals surface area contributed by atoms with Gasteiger partial charge in [0.2, 0.25) is 5.91 Å². The fourth-order valence-electron chi connectivity index (χ4n) is 2.74. The van der Waals surface area contributed by atoms with Gasteiger partial charge in [-0.05, 0) is 36.4 Å². The van der Waals surface area contributed by atoms with Gasteiger partial charge in [0.15, 0.2) is 0 Å². The summed E-state index contributed by atoms with van der Waals surface area (Å²) < 4.78 is 38.3. The van der Waals surface area contributed by atoms with Gasteiger partial charge in [-0.1, -0.05) is 0 Å². The van der Waals surface area contributed by atoms with Crippen LogP contribution in [0.5, 0.6) is 0 Å². The van der Waals surface area contributed by atoms with Crippen LogP contribution in [0.25, 0.3) is 0 Å². The Morgan fingerprint density at radius 1 is 1.32 bits per heavy atom. The normalized spacial score (nSPS) is 16.8. The van der Waals surface area contributed by atoms with Gasteiger partial charge >= 0.3 is 6.18 Å². The van der Waals surface area contributed by atoms with Gasteiger partial charge in [0.05, 0.1) is 17.3 Å². The number of alkyl halides is 3. The Hall–Kier alpha value is -2.77. The summed E-state index contributed by atoms with van der Waals surface area (Å²) in [5.74, 6) is 0.485. The molecule has 0 bridgehead atoms. The summed E-state index contributed by atoms with van der Waals surface area (Å²) >= 11 is 0. The van der Waals surface area contributed by atoms with Crippen molar-refractivity contribution in [3.05, 3.63) is 48.2 Å². The molecule has 8 heteroatoms. The summed E-state index contributed by atoms with van der Waals surface area (Å²) in [4.78, 5) is 17.3. The molecule has 3 rings (SSSR count). The number of amides is 1. The zero-order chi connectivity index (χ0) is 18.0. The van der Waals surface area contributed by atoms with Gasteiger partial charge < -0.3 is 15.5 Å². The van der Waals surface area contributed by atoms with E-state index in [1.54, 1.807) is 12.3 Å². The highest BCUT2D eigenvalue weighted by Crippen LogP contribution is 2.36. The van der Waals surface area contributed by atoms with E-state index in [4.69, 9.17) is 0 Å². The number of nitrogens with one attached hydrogen (secondary N) is 2. The highest BCUT2D eigenvalue weighted by molar-refractivity contribution is 5.77. The van der Waals surface area contributed by atoms with Crippen molar-refractivity contribution in [2.75, 3.05) is 23.3 Å². The van der Waals surface area contributed by atoms with Crippen LogP contribution in [-0.4, -0.2) is 30.0 Å². The number of hydrogen-bond donors (Lipinski definition) is 2. The molecule has 1 amide bonds. The van der Waals surface area contributed by atoms with E-state index in [0.717, 1.165) is 17.8 Å². The Labute approximate surface area is 142 Å². The fraction of sp³-hybridized carbons (Fsp3) is 0.294. The molecule has 1 unspecified atom stereocenters. The molecule has 132 valence electrons. The standard InChI is InChI=1S/C17H17F3N4O/c1-11(25)22-9-13-10-24(15-3-2-8-21-16(15)23-13)14-6-4-12(5-7-14)17(18,19)20/h2-8,13H,9-10H2,1H3,(H,21,23)(H,22,25). The number of carbonyl (C=O) groups is 1. The average Bonchev–Trinajstić information content (AvgIpc) is 2.58. The van der Waals surface area contributed by atoms with Gasteiger partial charge in [-0.2, -0.15) is 13.2 Å². The highest BCUT2D eigenvalue weighted by atomic mass is 19.4. The Balaban J connectivity index is 1.89. The molecule has 25 heavy (non-hydrogen) atoms. The number of aromatic nitrogens is 1. The Bertz CT molecular complexity index is 761. The van der Waals surface area contributed by atoms with E-state index in [1.165, 1.54) is 19.1 Å². The first-order valence-corrected chi connectivity index (χ1v) is 7.75. The molecule has 5 nitrogen and oxygen atoms in total. The Kier molecular flexibility index (Phi) is 4.52. The van der Waals surface area contributed by atoms with Crippen LogP contribution >= 0.6 is 0 Å². The lowest BCUT2D eigenvalue weighted by atomic mass is 10.1. The second kappa shape index (κ2) is 6.62. The van der Waals surface area contributed by atoms with Crippen LogP contribution in [0.3, 0.4) is 0 Å². The number of carbonyl (C=O) groups excluding carboxylic acids is 1. The first-order valence-electron chi connectivity index (χ1n) is 7.75. The van der Waals surface area contributed by atoms with Crippen LogP contribution in [0.15, 0.2) is 42.6 Å². The van der Waals surface area contributed by atoms with E-state index in [-0.39, 0.29) is 11.9 Å². The maximum atomic E-state index is 12.8. The van der Waals surface area contributed by atoms with E-state index in [9.17, 15) is 18.0 Å². The second-order valence-corrected chi connectivity index (χ2v) is 5.80. The smallest absolute Gasteiger partial charge is 0.362 e. The van der Waals surface area contributed by atoms with Crippen LogP contribution < -0.4 is 15.5 Å². The summed E-state index contributed by atoms with van der Waals surface area (Å²) in [6.45, 7) is 2.31. The molecule has 1 aromatic heterocycles. The van der Waals surface area contributed by atoms with Crippen LogP contribution in [-0.2, 0) is 11.0 Å². The number of benzene rings is 1. The second-order valence-electron chi connectivity index (χ2n) is 5.80. The molecule has 0 fully saturated rings. The van der Waals surface area contributed by atoms with Crippen molar-refractivity contribution >= 4 is 23.1 Å². The lowest BCUT2D eigenvalue weighted by molar-refractivity contribution is -0.137. The van der Waals surface area contributed by atoms with Crippen molar-refractivity contribution in [1.82, 2.24) is 10.3 Å². The van der Waals surface area contributed by atoms with Crippen molar-refractivity contribution in [1.29, 1.82) is 0 Å². The number of halogens is 3. The Morgan fingerprint density at radius 3 is 2.68 bits per heavy atom. The summed E-state index contributed by atoms with van der Waals surface area (Å²) in [5.41, 5.74) is 0.727. The number of pyridine rings is 1. The summed E-state index contributed by atoms with van der Waals surface area (Å²) in [7, 11) is 0. The van der Waals surface area contributed by atoms with E-state index in [0.29, 0.717) is 24.6 Å². The van der Waals surface area contributed by atoms with Crippen molar-refractivity contribution in [3.63, 3.8) is 0 Å². The van der Waals surface area contributed by atoms with E-state index in [1.807, 2.05) is 11.0 Å². The third kappa shape index (κ3) is 3.84. The summed E-state index contributed by atoms with van der Waals surface area (Å²) in [6, 6.07) is 8.52. The maximum absolute atomic E-state index is 12.8. The topological polar surface area (TPSA) is 57.3 Å². The van der Waals surface area contributed by atoms with Crippen LogP contribution in [0.4, 0.5) is 30.4 Å². The van der Waals surface area contributed by atoms with Gasteiger partial charge in [0, 0.05) is 31.9 Å². The summed E-state index contributed by atoms with van der Waals surface area (Å²) in [6.07, 6.45) is -2.73. The molecule has 2 N–H and O–H groups in total. The molecule has 0 aliphatic carbocycles. The molecule has 0 saturated heterocycles. The molecule has 0 spiro atoms. The zero-order valence-corrected chi connectivity index (χ0v) is 13.5. The molecule has 1 aliphatic heterocycles. The number of hydrogen-bond acceptors (Lipinski definition) is 4. The Morgan fingerprint density at radius 2 is 2.04 bits per heavy atom. The molecule has 1 aromatic carbocycles. The fourth-order valence-corrected chi connectivity index (χ4v) is 2.74. The number of rotatable bonds is 3. The quantitative estimate of drug-likeness (QED) is 0.893. The van der Waals surface area contributed by atoms with Gasteiger partial charge in [-0.15, -0.1) is 0 Å². The maximum Gasteiger partial charge on any atom is 0.416 e. The number of nitrogens with zero attached hydrogens (tertiary/aromatic N) is 2. The number of anilines is 3. The van der Waals surface area contributed by atoms with Crippen molar-refractivity contribution in [2.24, 2.45) is 0 Å². The lowest BCUT2D eigenvalue weighted by Crippen LogP contribution is -2.46. The predicted octanol–water partition coefficient (Wildman–Crippen LogP) is 3.17. The van der Waals surface area contributed by atoms with Crippen LogP contribution in [0.2, 0.25) is 0 Å². The average molecular weight is 350 g/mol. The van der Waals surface area contributed by atoms with Gasteiger partial charge in [0.1, 0.15) is 5.82 Å². The minimum Gasteiger partial charge on any atom is -0.362 e. The molecule has 2 aromatic rings. The first kappa shape index (κ1) is 17.1. The van der Waals surface area contributed by atoms with Crippen molar-refractivity contribution < 1.29 is 18.0 Å². The van der Waals surface area contributed by atoms with Gasteiger partial charge in [-0.3, -0.25) is 4.79 Å². The summed E-state index contributed by atoms with van der Waals surface area (Å²) in [5, 5.41) is 5.98. The van der Waals surface area contributed by atoms with E-state index < -0.39 is 11.7 Å². The highest BCUT2D eigenvalue weighted by Gasteiger charge is 2.31.